The minimum atomic E-state index is 0.0413. The Kier molecular flexibility index (Phi) is 6.56. The predicted molar refractivity (Wildman–Crippen MR) is 71.9 cm³/mol. The molecule has 0 bridgehead atoms. The molecule has 0 spiro atoms. The van der Waals surface area contributed by atoms with Crippen molar-refractivity contribution >= 4 is 5.91 Å². The Bertz CT molecular complexity index is 230. The average molecular weight is 240 g/mol. The van der Waals surface area contributed by atoms with Crippen LogP contribution < -0.4 is 10.6 Å². The molecule has 1 heterocycles. The number of rotatable bonds is 6. The first kappa shape index (κ1) is 14.5. The standard InChI is InChI=1S/C14H28N2O/c1-4-7-12(6-3)16-14(17)13-10-11(5-2)8-9-15-13/h11-13,15H,4-10H2,1-3H3,(H,16,17). The van der Waals surface area contributed by atoms with E-state index in [1.54, 1.807) is 0 Å². The third kappa shape index (κ3) is 4.66. The van der Waals surface area contributed by atoms with Crippen molar-refractivity contribution in [1.29, 1.82) is 0 Å². The van der Waals surface area contributed by atoms with Gasteiger partial charge in [0.2, 0.25) is 5.91 Å². The van der Waals surface area contributed by atoms with E-state index in [-0.39, 0.29) is 11.9 Å². The molecule has 3 heteroatoms. The van der Waals surface area contributed by atoms with Gasteiger partial charge in [0, 0.05) is 6.04 Å². The average Bonchev–Trinajstić information content (AvgIpc) is 2.38. The highest BCUT2D eigenvalue weighted by Gasteiger charge is 2.26. The zero-order chi connectivity index (χ0) is 12.7. The Balaban J connectivity index is 2.40. The van der Waals surface area contributed by atoms with Crippen molar-refractivity contribution in [2.24, 2.45) is 5.92 Å². The number of hydrogen-bond acceptors (Lipinski definition) is 2. The fourth-order valence-electron chi connectivity index (χ4n) is 2.60. The second-order valence-corrected chi connectivity index (χ2v) is 5.21. The fourth-order valence-corrected chi connectivity index (χ4v) is 2.60. The Morgan fingerprint density at radius 3 is 2.76 bits per heavy atom. The number of piperidine rings is 1. The lowest BCUT2D eigenvalue weighted by atomic mass is 9.90. The van der Waals surface area contributed by atoms with Crippen molar-refractivity contribution in [3.8, 4) is 0 Å². The first-order valence-corrected chi connectivity index (χ1v) is 7.24. The molecule has 100 valence electrons. The summed E-state index contributed by atoms with van der Waals surface area (Å²) in [6, 6.07) is 0.399. The summed E-state index contributed by atoms with van der Waals surface area (Å²) in [5.41, 5.74) is 0. The quantitative estimate of drug-likeness (QED) is 0.749. The van der Waals surface area contributed by atoms with Crippen molar-refractivity contribution < 1.29 is 4.79 Å². The monoisotopic (exact) mass is 240 g/mol. The SMILES string of the molecule is CCCC(CC)NC(=O)C1CC(CC)CCN1. The first-order chi connectivity index (χ1) is 8.21. The third-order valence-corrected chi connectivity index (χ3v) is 3.88. The molecular weight excluding hydrogens is 212 g/mol. The molecule has 3 atom stereocenters. The van der Waals surface area contributed by atoms with E-state index in [0.29, 0.717) is 6.04 Å². The summed E-state index contributed by atoms with van der Waals surface area (Å²) in [4.78, 5) is 12.1. The van der Waals surface area contributed by atoms with Crippen LogP contribution in [0.4, 0.5) is 0 Å². The van der Waals surface area contributed by atoms with E-state index in [9.17, 15) is 4.79 Å². The predicted octanol–water partition coefficient (Wildman–Crippen LogP) is 2.46. The minimum Gasteiger partial charge on any atom is -0.352 e. The lowest BCUT2D eigenvalue weighted by Gasteiger charge is -2.30. The second-order valence-electron chi connectivity index (χ2n) is 5.21. The van der Waals surface area contributed by atoms with E-state index in [1.165, 1.54) is 12.8 Å². The normalized spacial score (nSPS) is 26.5. The van der Waals surface area contributed by atoms with Gasteiger partial charge in [-0.3, -0.25) is 4.79 Å². The smallest absolute Gasteiger partial charge is 0.237 e. The lowest BCUT2D eigenvalue weighted by Crippen LogP contribution is -2.51. The van der Waals surface area contributed by atoms with E-state index < -0.39 is 0 Å². The number of amides is 1. The van der Waals surface area contributed by atoms with Crippen LogP contribution >= 0.6 is 0 Å². The summed E-state index contributed by atoms with van der Waals surface area (Å²) in [5.74, 6) is 0.932. The molecule has 17 heavy (non-hydrogen) atoms. The number of carbonyl (C=O) groups is 1. The van der Waals surface area contributed by atoms with Crippen LogP contribution in [0.2, 0.25) is 0 Å². The maximum atomic E-state index is 12.1. The van der Waals surface area contributed by atoms with Crippen molar-refractivity contribution in [3.05, 3.63) is 0 Å². The minimum absolute atomic E-state index is 0.0413. The van der Waals surface area contributed by atoms with Crippen LogP contribution in [-0.2, 0) is 4.79 Å². The van der Waals surface area contributed by atoms with Crippen LogP contribution in [0.5, 0.6) is 0 Å². The van der Waals surface area contributed by atoms with Crippen molar-refractivity contribution in [2.45, 2.75) is 71.4 Å². The van der Waals surface area contributed by atoms with Gasteiger partial charge < -0.3 is 10.6 Å². The Morgan fingerprint density at radius 2 is 2.18 bits per heavy atom. The fraction of sp³-hybridized carbons (Fsp3) is 0.929. The van der Waals surface area contributed by atoms with Gasteiger partial charge in [0.05, 0.1) is 6.04 Å². The van der Waals surface area contributed by atoms with Crippen molar-refractivity contribution in [1.82, 2.24) is 10.6 Å². The summed E-state index contributed by atoms with van der Waals surface area (Å²) in [7, 11) is 0. The van der Waals surface area contributed by atoms with Crippen LogP contribution in [0.25, 0.3) is 0 Å². The number of nitrogens with one attached hydrogen (secondary N) is 2. The number of hydrogen-bond donors (Lipinski definition) is 2. The van der Waals surface area contributed by atoms with Gasteiger partial charge in [-0.1, -0.05) is 33.6 Å². The molecule has 3 unspecified atom stereocenters. The van der Waals surface area contributed by atoms with Crippen LogP contribution in [0.3, 0.4) is 0 Å². The summed E-state index contributed by atoms with van der Waals surface area (Å²) in [5, 5.41) is 6.52. The van der Waals surface area contributed by atoms with Crippen LogP contribution in [0.1, 0.15) is 59.3 Å². The largest absolute Gasteiger partial charge is 0.352 e. The molecule has 1 aliphatic rings. The topological polar surface area (TPSA) is 41.1 Å². The molecular formula is C14H28N2O. The molecule has 1 saturated heterocycles. The second kappa shape index (κ2) is 7.70. The highest BCUT2D eigenvalue weighted by molar-refractivity contribution is 5.82. The summed E-state index contributed by atoms with van der Waals surface area (Å²) in [6.07, 6.45) is 6.67. The van der Waals surface area contributed by atoms with Crippen molar-refractivity contribution in [3.63, 3.8) is 0 Å². The zero-order valence-corrected chi connectivity index (χ0v) is 11.6. The van der Waals surface area contributed by atoms with Gasteiger partial charge in [-0.2, -0.15) is 0 Å². The van der Waals surface area contributed by atoms with Gasteiger partial charge in [0.25, 0.3) is 0 Å². The highest BCUT2D eigenvalue weighted by atomic mass is 16.2. The van der Waals surface area contributed by atoms with E-state index in [0.717, 1.165) is 38.1 Å². The summed E-state index contributed by atoms with van der Waals surface area (Å²) in [6.45, 7) is 7.52. The van der Waals surface area contributed by atoms with Crippen LogP contribution in [-0.4, -0.2) is 24.5 Å². The van der Waals surface area contributed by atoms with Crippen LogP contribution in [0, 0.1) is 5.92 Å². The number of carbonyl (C=O) groups excluding carboxylic acids is 1. The molecule has 0 aliphatic carbocycles. The Hall–Kier alpha value is -0.570. The summed E-state index contributed by atoms with van der Waals surface area (Å²) >= 11 is 0. The van der Waals surface area contributed by atoms with Crippen molar-refractivity contribution in [2.75, 3.05) is 6.54 Å². The van der Waals surface area contributed by atoms with E-state index >= 15 is 0 Å². The first-order valence-electron chi connectivity index (χ1n) is 7.24. The molecule has 1 fully saturated rings. The lowest BCUT2D eigenvalue weighted by molar-refractivity contribution is -0.124. The summed E-state index contributed by atoms with van der Waals surface area (Å²) < 4.78 is 0. The van der Waals surface area contributed by atoms with Gasteiger partial charge in [-0.15, -0.1) is 0 Å². The van der Waals surface area contributed by atoms with Gasteiger partial charge in [0.1, 0.15) is 0 Å². The Labute approximate surface area is 106 Å². The molecule has 0 aromatic rings. The Morgan fingerprint density at radius 1 is 1.41 bits per heavy atom. The third-order valence-electron chi connectivity index (χ3n) is 3.88. The maximum Gasteiger partial charge on any atom is 0.237 e. The molecule has 0 aromatic carbocycles. The molecule has 0 aromatic heterocycles. The van der Waals surface area contributed by atoms with Gasteiger partial charge in [-0.05, 0) is 38.1 Å². The van der Waals surface area contributed by atoms with Crippen LogP contribution in [0.15, 0.2) is 0 Å². The van der Waals surface area contributed by atoms with E-state index in [4.69, 9.17) is 0 Å². The van der Waals surface area contributed by atoms with E-state index in [1.807, 2.05) is 0 Å². The van der Waals surface area contributed by atoms with Gasteiger partial charge in [-0.25, -0.2) is 0 Å². The molecule has 3 nitrogen and oxygen atoms in total. The van der Waals surface area contributed by atoms with E-state index in [2.05, 4.69) is 31.4 Å². The molecule has 1 aliphatic heterocycles. The maximum absolute atomic E-state index is 12.1. The molecule has 1 amide bonds. The molecule has 1 rings (SSSR count). The molecule has 0 radical (unpaired) electrons. The zero-order valence-electron chi connectivity index (χ0n) is 11.6. The molecule has 2 N–H and O–H groups in total. The van der Waals surface area contributed by atoms with Gasteiger partial charge >= 0.3 is 0 Å². The van der Waals surface area contributed by atoms with Gasteiger partial charge in [0.15, 0.2) is 0 Å². The molecule has 0 saturated carbocycles. The highest BCUT2D eigenvalue weighted by Crippen LogP contribution is 2.19.